The monoisotopic (exact) mass is 416 g/mol. The molecule has 7 heteroatoms. The van der Waals surface area contributed by atoms with Crippen molar-refractivity contribution in [1.29, 1.82) is 0 Å². The lowest BCUT2D eigenvalue weighted by atomic mass is 10.1. The van der Waals surface area contributed by atoms with Crippen LogP contribution in [0.5, 0.6) is 5.75 Å². The Morgan fingerprint density at radius 3 is 2.15 bits per heavy atom. The number of fused-ring (bicyclic) bond motifs is 1. The van der Waals surface area contributed by atoms with Crippen molar-refractivity contribution in [2.24, 2.45) is 4.99 Å². The average Bonchev–Trinajstić information content (AvgIpc) is 2.87. The van der Waals surface area contributed by atoms with E-state index in [-0.39, 0.29) is 17.4 Å². The van der Waals surface area contributed by atoms with Gasteiger partial charge in [-0.3, -0.25) is 9.69 Å². The molecule has 0 unspecified atom stereocenters. The second kappa shape index (κ2) is 6.89. The van der Waals surface area contributed by atoms with Crippen molar-refractivity contribution in [1.82, 2.24) is 0 Å². The van der Waals surface area contributed by atoms with Crippen molar-refractivity contribution >= 4 is 63.5 Å². The molecule has 0 aromatic heterocycles. The molecule has 0 atom stereocenters. The molecule has 1 N–H and O–H groups in total. The molecule has 4 nitrogen and oxygen atoms in total. The van der Waals surface area contributed by atoms with Gasteiger partial charge in [0.1, 0.15) is 11.5 Å². The van der Waals surface area contributed by atoms with Gasteiger partial charge in [-0.15, -0.1) is 0 Å². The van der Waals surface area contributed by atoms with E-state index in [2.05, 4.69) is 4.99 Å². The Bertz CT molecular complexity index is 1070. The quantitative estimate of drug-likeness (QED) is 0.543. The number of aliphatic imine (C=N–C) groups is 1. The number of halogens is 3. The highest BCUT2D eigenvalue weighted by Crippen LogP contribution is 2.38. The summed E-state index contributed by atoms with van der Waals surface area (Å²) >= 11 is 18.2. The van der Waals surface area contributed by atoms with Crippen LogP contribution in [0.3, 0.4) is 0 Å². The van der Waals surface area contributed by atoms with Crippen LogP contribution in [0.25, 0.3) is 0 Å². The van der Waals surface area contributed by atoms with Crippen LogP contribution in [-0.4, -0.2) is 16.7 Å². The van der Waals surface area contributed by atoms with Crippen molar-refractivity contribution in [3.8, 4) is 5.75 Å². The number of amides is 1. The maximum Gasteiger partial charge on any atom is 0.282 e. The molecule has 0 spiro atoms. The molecule has 0 bridgehead atoms. The zero-order chi connectivity index (χ0) is 19.1. The lowest BCUT2D eigenvalue weighted by Gasteiger charge is -2.17. The van der Waals surface area contributed by atoms with Crippen molar-refractivity contribution in [3.05, 3.63) is 81.3 Å². The van der Waals surface area contributed by atoms with E-state index in [1.807, 2.05) is 0 Å². The van der Waals surface area contributed by atoms with Gasteiger partial charge in [0, 0.05) is 26.3 Å². The molecular weight excluding hydrogens is 407 g/mol. The predicted molar refractivity (Wildman–Crippen MR) is 109 cm³/mol. The molecule has 134 valence electrons. The van der Waals surface area contributed by atoms with Crippen molar-refractivity contribution in [2.45, 2.75) is 0 Å². The summed E-state index contributed by atoms with van der Waals surface area (Å²) in [6, 6.07) is 16.4. The topological polar surface area (TPSA) is 52.9 Å². The summed E-state index contributed by atoms with van der Waals surface area (Å²) in [7, 11) is 0. The molecule has 1 amide bonds. The van der Waals surface area contributed by atoms with Crippen LogP contribution >= 0.6 is 34.8 Å². The predicted octanol–water partition coefficient (Wildman–Crippen LogP) is 6.15. The van der Waals surface area contributed by atoms with Gasteiger partial charge in [-0.05, 0) is 60.7 Å². The molecule has 27 heavy (non-hydrogen) atoms. The first-order chi connectivity index (χ1) is 12.9. The maximum absolute atomic E-state index is 13.2. The number of anilines is 2. The molecule has 0 aliphatic carbocycles. The molecule has 3 aromatic carbocycles. The minimum absolute atomic E-state index is 0.115. The highest BCUT2D eigenvalue weighted by atomic mass is 35.5. The van der Waals surface area contributed by atoms with E-state index in [9.17, 15) is 9.90 Å². The molecule has 0 fully saturated rings. The van der Waals surface area contributed by atoms with E-state index in [1.54, 1.807) is 48.5 Å². The van der Waals surface area contributed by atoms with Gasteiger partial charge in [-0.1, -0.05) is 34.8 Å². The minimum Gasteiger partial charge on any atom is -0.508 e. The summed E-state index contributed by atoms with van der Waals surface area (Å²) in [5, 5.41) is 10.9. The lowest BCUT2D eigenvalue weighted by molar-refractivity contribution is -0.111. The summed E-state index contributed by atoms with van der Waals surface area (Å²) in [6.45, 7) is 0. The Morgan fingerprint density at radius 2 is 1.48 bits per heavy atom. The van der Waals surface area contributed by atoms with E-state index >= 15 is 0 Å². The second-order valence-electron chi connectivity index (χ2n) is 5.91. The van der Waals surface area contributed by atoms with Gasteiger partial charge in [0.15, 0.2) is 0 Å². The summed E-state index contributed by atoms with van der Waals surface area (Å²) in [5.74, 6) is -0.196. The number of rotatable bonds is 2. The van der Waals surface area contributed by atoms with Crippen molar-refractivity contribution in [3.63, 3.8) is 0 Å². The summed E-state index contributed by atoms with van der Waals surface area (Å²) < 4.78 is 0. The number of aromatic hydroxyl groups is 1. The normalized spacial score (nSPS) is 14.7. The van der Waals surface area contributed by atoms with Gasteiger partial charge in [0.2, 0.25) is 0 Å². The molecule has 0 saturated heterocycles. The van der Waals surface area contributed by atoms with E-state index in [0.717, 1.165) is 0 Å². The van der Waals surface area contributed by atoms with Crippen LogP contribution in [0, 0.1) is 0 Å². The van der Waals surface area contributed by atoms with E-state index in [1.165, 1.54) is 17.0 Å². The number of carbonyl (C=O) groups excluding carboxylic acids is 1. The first-order valence-electron chi connectivity index (χ1n) is 7.90. The van der Waals surface area contributed by atoms with E-state index < -0.39 is 0 Å². The second-order valence-corrected chi connectivity index (χ2v) is 7.22. The Morgan fingerprint density at radius 1 is 0.815 bits per heavy atom. The minimum atomic E-state index is -0.311. The zero-order valence-electron chi connectivity index (χ0n) is 13.7. The fourth-order valence-electron chi connectivity index (χ4n) is 2.92. The van der Waals surface area contributed by atoms with Crippen molar-refractivity contribution < 1.29 is 9.90 Å². The van der Waals surface area contributed by atoms with Gasteiger partial charge in [0.05, 0.1) is 11.4 Å². The number of nitrogens with zero attached hydrogens (tertiary/aromatic N) is 2. The van der Waals surface area contributed by atoms with Crippen LogP contribution in [0.1, 0.15) is 5.56 Å². The van der Waals surface area contributed by atoms with Gasteiger partial charge in [-0.2, -0.15) is 0 Å². The number of carbonyl (C=O) groups is 1. The maximum atomic E-state index is 13.2. The number of benzene rings is 3. The fraction of sp³-hybridized carbons (Fsp3) is 0. The van der Waals surface area contributed by atoms with Crippen LogP contribution in [0.4, 0.5) is 17.1 Å². The van der Waals surface area contributed by atoms with Gasteiger partial charge in [0.25, 0.3) is 5.91 Å². The molecule has 0 radical (unpaired) electrons. The van der Waals surface area contributed by atoms with Crippen molar-refractivity contribution in [2.75, 3.05) is 4.90 Å². The highest BCUT2D eigenvalue weighted by molar-refractivity contribution is 6.56. The Kier molecular flexibility index (Phi) is 4.56. The Labute approximate surface area is 170 Å². The molecule has 0 saturated carbocycles. The summed E-state index contributed by atoms with van der Waals surface area (Å²) in [5.41, 5.74) is 2.57. The molecule has 1 aliphatic heterocycles. The van der Waals surface area contributed by atoms with Crippen LogP contribution in [-0.2, 0) is 4.79 Å². The Balaban J connectivity index is 1.88. The zero-order valence-corrected chi connectivity index (χ0v) is 15.9. The summed E-state index contributed by atoms with van der Waals surface area (Å²) in [4.78, 5) is 19.2. The van der Waals surface area contributed by atoms with Gasteiger partial charge < -0.3 is 5.11 Å². The fourth-order valence-corrected chi connectivity index (χ4v) is 3.61. The third kappa shape index (κ3) is 3.39. The van der Waals surface area contributed by atoms with Crippen LogP contribution < -0.4 is 4.90 Å². The third-order valence-electron chi connectivity index (χ3n) is 4.06. The first kappa shape index (κ1) is 17.9. The lowest BCUT2D eigenvalue weighted by Crippen LogP contribution is -2.25. The number of phenols is 1. The standard InChI is InChI=1S/C20H11Cl3N2O2/c21-11-1-6-18-17(10-11)19(24-14-8-12(22)7-13(23)9-14)20(27)25(18)15-2-4-16(26)5-3-15/h1-10,26H. The van der Waals surface area contributed by atoms with E-state index in [4.69, 9.17) is 34.8 Å². The Hall–Kier alpha value is -2.53. The first-order valence-corrected chi connectivity index (χ1v) is 9.04. The smallest absolute Gasteiger partial charge is 0.282 e. The third-order valence-corrected chi connectivity index (χ3v) is 4.73. The summed E-state index contributed by atoms with van der Waals surface area (Å²) in [6.07, 6.45) is 0. The van der Waals surface area contributed by atoms with Crippen LogP contribution in [0.15, 0.2) is 65.7 Å². The molecule has 4 rings (SSSR count). The number of phenolic OH excluding ortho intramolecular Hbond substituents is 1. The van der Waals surface area contributed by atoms with E-state index in [0.29, 0.717) is 37.7 Å². The molecule has 3 aromatic rings. The molecular formula is C20H11Cl3N2O2. The highest BCUT2D eigenvalue weighted by Gasteiger charge is 2.35. The SMILES string of the molecule is O=C1C(=Nc2cc(Cl)cc(Cl)c2)c2cc(Cl)ccc2N1c1ccc(O)cc1. The molecule has 1 aliphatic rings. The average molecular weight is 418 g/mol. The number of hydrogen-bond acceptors (Lipinski definition) is 3. The number of hydrogen-bond donors (Lipinski definition) is 1. The molecule has 1 heterocycles. The van der Waals surface area contributed by atoms with Gasteiger partial charge in [-0.25, -0.2) is 4.99 Å². The van der Waals surface area contributed by atoms with Crippen LogP contribution in [0.2, 0.25) is 15.1 Å². The van der Waals surface area contributed by atoms with Gasteiger partial charge >= 0.3 is 0 Å². The largest absolute Gasteiger partial charge is 0.508 e.